The number of piperidine rings is 3. The zero-order chi connectivity index (χ0) is 41.7. The molecular formula is C48H60N4O6Si. The van der Waals surface area contributed by atoms with Gasteiger partial charge in [-0.05, 0) is 122 Å². The molecular weight excluding hydrogens is 757 g/mol. The van der Waals surface area contributed by atoms with E-state index in [1.165, 1.54) is 6.07 Å². The number of aromatic hydroxyl groups is 1. The van der Waals surface area contributed by atoms with Crippen LogP contribution >= 0.6 is 0 Å². The number of benzene rings is 4. The van der Waals surface area contributed by atoms with Crippen LogP contribution in [-0.2, 0) is 17.4 Å². The predicted octanol–water partition coefficient (Wildman–Crippen LogP) is 9.73. The minimum absolute atomic E-state index is 0.0116. The molecule has 59 heavy (non-hydrogen) atoms. The van der Waals surface area contributed by atoms with Crippen molar-refractivity contribution in [2.75, 3.05) is 37.7 Å². The van der Waals surface area contributed by atoms with Crippen LogP contribution < -0.4 is 20.5 Å². The molecule has 4 aromatic carbocycles. The number of aromatic nitrogens is 1. The molecule has 0 saturated carbocycles. The molecule has 3 saturated heterocycles. The molecule has 2 bridgehead atoms. The van der Waals surface area contributed by atoms with Gasteiger partial charge < -0.3 is 34.6 Å². The van der Waals surface area contributed by atoms with Gasteiger partial charge >= 0.3 is 6.09 Å². The number of pyridine rings is 1. The van der Waals surface area contributed by atoms with Crippen molar-refractivity contribution in [2.24, 2.45) is 5.92 Å². The van der Waals surface area contributed by atoms with Crippen LogP contribution in [-0.4, -0.2) is 73.3 Å². The highest BCUT2D eigenvalue weighted by Gasteiger charge is 2.41. The first-order valence-electron chi connectivity index (χ1n) is 21.2. The molecule has 0 spiro atoms. The molecule has 11 heteroatoms. The van der Waals surface area contributed by atoms with E-state index in [1.807, 2.05) is 36.4 Å². The number of phenolic OH excluding ortho intramolecular Hbond substituents is 1. The maximum Gasteiger partial charge on any atom is 0.412 e. The smallest absolute Gasteiger partial charge is 0.412 e. The standard InChI is InChI=1S/C48H60N4O6Si/c1-48(2,3)59(4,5)58-44(39-19-21-43(53)46-40(39)20-22-45(54)50-46)31-49-30-34-13-11-16-37(28-34)57-27-10-9-12-33-17-18-38(35-14-7-6-8-15-35)41(29-33)52(47(55)56)42-32-51-25-23-36(42)24-26-51/h6-8,11,13-22,28-29,36,42,44,49,53H,9-10,12,23-27,30-32H2,1-5H3,(H,50,54)(H,55,56)/t42-,44-/m0/s1. The van der Waals surface area contributed by atoms with Gasteiger partial charge in [0.25, 0.3) is 0 Å². The third-order valence-corrected chi connectivity index (χ3v) is 17.2. The molecule has 1 amide bonds. The van der Waals surface area contributed by atoms with Crippen molar-refractivity contribution in [3.63, 3.8) is 0 Å². The third kappa shape index (κ3) is 9.92. The number of phenols is 1. The summed E-state index contributed by atoms with van der Waals surface area (Å²) in [6.45, 7) is 15.7. The number of rotatable bonds is 16. The first-order chi connectivity index (χ1) is 28.3. The Labute approximate surface area is 349 Å². The van der Waals surface area contributed by atoms with Gasteiger partial charge in [-0.15, -0.1) is 0 Å². The Morgan fingerprint density at radius 1 is 0.949 bits per heavy atom. The summed E-state index contributed by atoms with van der Waals surface area (Å²) in [5.74, 6) is 1.23. The Morgan fingerprint density at radius 3 is 2.44 bits per heavy atom. The lowest BCUT2D eigenvalue weighted by Gasteiger charge is -2.48. The number of fused-ring (bicyclic) bond motifs is 4. The van der Waals surface area contributed by atoms with Gasteiger partial charge in [0.15, 0.2) is 8.32 Å². The zero-order valence-corrected chi connectivity index (χ0v) is 36.2. The molecule has 10 nitrogen and oxygen atoms in total. The highest BCUT2D eigenvalue weighted by molar-refractivity contribution is 6.74. The number of unbranched alkanes of at least 4 members (excludes halogenated alkanes) is 1. The number of nitrogens with zero attached hydrogens (tertiary/aromatic N) is 2. The van der Waals surface area contributed by atoms with Gasteiger partial charge in [-0.1, -0.05) is 81.4 Å². The summed E-state index contributed by atoms with van der Waals surface area (Å²) in [7, 11) is -2.21. The van der Waals surface area contributed by atoms with Crippen LogP contribution in [0, 0.1) is 5.92 Å². The van der Waals surface area contributed by atoms with Crippen LogP contribution in [0.25, 0.3) is 22.0 Å². The molecule has 3 fully saturated rings. The van der Waals surface area contributed by atoms with Crippen molar-refractivity contribution in [3.05, 3.63) is 124 Å². The minimum Gasteiger partial charge on any atom is -0.506 e. The van der Waals surface area contributed by atoms with Crippen molar-refractivity contribution < 1.29 is 24.2 Å². The van der Waals surface area contributed by atoms with Gasteiger partial charge in [-0.2, -0.15) is 0 Å². The number of amides is 1. The lowest BCUT2D eigenvalue weighted by atomic mass is 9.82. The fourth-order valence-electron chi connectivity index (χ4n) is 8.45. The van der Waals surface area contributed by atoms with Gasteiger partial charge in [0.1, 0.15) is 11.5 Å². The van der Waals surface area contributed by atoms with E-state index in [0.29, 0.717) is 31.1 Å². The van der Waals surface area contributed by atoms with Crippen LogP contribution in [0.1, 0.15) is 69.2 Å². The van der Waals surface area contributed by atoms with Crippen LogP contribution in [0.15, 0.2) is 102 Å². The quantitative estimate of drug-likeness (QED) is 0.0573. The number of ether oxygens (including phenoxy) is 1. The first kappa shape index (κ1) is 42.2. The maximum absolute atomic E-state index is 13.0. The highest BCUT2D eigenvalue weighted by Crippen LogP contribution is 2.42. The second-order valence-corrected chi connectivity index (χ2v) is 22.6. The molecule has 3 aliphatic heterocycles. The molecule has 0 aliphatic carbocycles. The predicted molar refractivity (Wildman–Crippen MR) is 239 cm³/mol. The summed E-state index contributed by atoms with van der Waals surface area (Å²) in [6, 6.07) is 31.4. The molecule has 8 rings (SSSR count). The molecule has 5 aromatic rings. The number of hydrogen-bond acceptors (Lipinski definition) is 7. The van der Waals surface area contributed by atoms with E-state index < -0.39 is 14.4 Å². The molecule has 0 radical (unpaired) electrons. The van der Waals surface area contributed by atoms with Crippen LogP contribution in [0.3, 0.4) is 0 Å². The van der Waals surface area contributed by atoms with Gasteiger partial charge in [-0.25, -0.2) is 4.79 Å². The zero-order valence-electron chi connectivity index (χ0n) is 35.2. The van der Waals surface area contributed by atoms with Gasteiger partial charge in [-0.3, -0.25) is 9.69 Å². The number of carboxylic acid groups (broad SMARTS) is 1. The fourth-order valence-corrected chi connectivity index (χ4v) is 9.72. The molecule has 1 aromatic heterocycles. The van der Waals surface area contributed by atoms with Crippen LogP contribution in [0.2, 0.25) is 18.1 Å². The van der Waals surface area contributed by atoms with Gasteiger partial charge in [0.05, 0.1) is 30.0 Å². The van der Waals surface area contributed by atoms with E-state index in [-0.39, 0.29) is 28.5 Å². The van der Waals surface area contributed by atoms with E-state index in [4.69, 9.17) is 9.16 Å². The minimum atomic E-state index is -2.21. The van der Waals surface area contributed by atoms with Crippen molar-refractivity contribution in [3.8, 4) is 22.6 Å². The summed E-state index contributed by atoms with van der Waals surface area (Å²) in [5, 5.41) is 25.6. The summed E-state index contributed by atoms with van der Waals surface area (Å²) >= 11 is 0. The topological polar surface area (TPSA) is 127 Å². The summed E-state index contributed by atoms with van der Waals surface area (Å²) < 4.78 is 13.2. The number of anilines is 1. The SMILES string of the molecule is CC(C)(C)[Si](C)(C)O[C@@H](CNCc1cccc(OCCCCc2ccc(-c3ccccc3)c(N(C(=O)O)[C@H]3CN4CCC3CC4)c2)c1)c1ccc(O)c2[nH]c(=O)ccc12. The molecule has 312 valence electrons. The number of H-pyrrole nitrogens is 1. The highest BCUT2D eigenvalue weighted by atomic mass is 28.4. The first-order valence-corrected chi connectivity index (χ1v) is 24.1. The van der Waals surface area contributed by atoms with E-state index in [1.54, 1.807) is 17.0 Å². The summed E-state index contributed by atoms with van der Waals surface area (Å²) in [4.78, 5) is 32.0. The van der Waals surface area contributed by atoms with Crippen molar-refractivity contribution in [1.82, 2.24) is 15.2 Å². The Hall–Kier alpha value is -4.94. The number of nitrogens with one attached hydrogen (secondary N) is 2. The Balaban J connectivity index is 0.972. The fraction of sp³-hybridized carbons (Fsp3) is 0.417. The third-order valence-electron chi connectivity index (χ3n) is 12.7. The Bertz CT molecular complexity index is 2280. The number of aromatic amines is 1. The van der Waals surface area contributed by atoms with Crippen LogP contribution in [0.4, 0.5) is 10.5 Å². The molecule has 3 aliphatic rings. The molecule has 4 N–H and O–H groups in total. The molecule has 4 heterocycles. The lowest BCUT2D eigenvalue weighted by Crippen LogP contribution is -2.59. The van der Waals surface area contributed by atoms with E-state index in [2.05, 4.69) is 91.5 Å². The number of carbonyl (C=O) groups is 1. The lowest BCUT2D eigenvalue weighted by molar-refractivity contribution is 0.0837. The summed E-state index contributed by atoms with van der Waals surface area (Å²) in [5.41, 5.74) is 6.05. The van der Waals surface area contributed by atoms with Crippen molar-refractivity contribution >= 4 is 31.0 Å². The summed E-state index contributed by atoms with van der Waals surface area (Å²) in [6.07, 6.45) is 3.50. The van der Waals surface area contributed by atoms with E-state index in [0.717, 1.165) is 96.4 Å². The monoisotopic (exact) mass is 816 g/mol. The van der Waals surface area contributed by atoms with E-state index in [9.17, 15) is 19.8 Å². The molecule has 0 unspecified atom stereocenters. The number of aryl methyl sites for hydroxylation is 1. The second-order valence-electron chi connectivity index (χ2n) is 17.8. The normalized spacial score (nSPS) is 18.5. The average molecular weight is 817 g/mol. The Kier molecular flexibility index (Phi) is 13.0. The second kappa shape index (κ2) is 18.1. The largest absolute Gasteiger partial charge is 0.506 e. The average Bonchev–Trinajstić information content (AvgIpc) is 3.21. The maximum atomic E-state index is 13.0. The number of hydrogen-bond donors (Lipinski definition) is 4. The van der Waals surface area contributed by atoms with Crippen molar-refractivity contribution in [1.29, 1.82) is 0 Å². The van der Waals surface area contributed by atoms with E-state index >= 15 is 0 Å². The van der Waals surface area contributed by atoms with Crippen LogP contribution in [0.5, 0.6) is 11.5 Å². The Morgan fingerprint density at radius 2 is 1.73 bits per heavy atom. The molecule has 2 atom stereocenters. The van der Waals surface area contributed by atoms with Gasteiger partial charge in [0.2, 0.25) is 5.56 Å². The van der Waals surface area contributed by atoms with Crippen molar-refractivity contribution in [2.45, 2.75) is 89.7 Å². The van der Waals surface area contributed by atoms with Gasteiger partial charge in [0, 0.05) is 36.7 Å².